The first-order chi connectivity index (χ1) is 15.3. The number of nitrogens with zero attached hydrogens (tertiary/aromatic N) is 1. The van der Waals surface area contributed by atoms with Gasteiger partial charge in [-0.1, -0.05) is 57.0 Å². The monoisotopic (exact) mass is 444 g/mol. The van der Waals surface area contributed by atoms with Crippen LogP contribution in [0.5, 0.6) is 0 Å². The van der Waals surface area contributed by atoms with Gasteiger partial charge in [-0.25, -0.2) is 0 Å². The maximum atomic E-state index is 13.0. The van der Waals surface area contributed by atoms with Crippen LogP contribution in [-0.4, -0.2) is 60.9 Å². The van der Waals surface area contributed by atoms with Gasteiger partial charge >= 0.3 is 0 Å². The summed E-state index contributed by atoms with van der Waals surface area (Å²) in [6.45, 7) is 7.14. The van der Waals surface area contributed by atoms with Gasteiger partial charge in [0, 0.05) is 13.6 Å². The van der Waals surface area contributed by atoms with E-state index in [1.807, 2.05) is 44.2 Å². The molecular formula is C25H40N4O3. The molecule has 1 heterocycles. The molecule has 0 saturated carbocycles. The van der Waals surface area contributed by atoms with Crippen molar-refractivity contribution in [2.24, 2.45) is 5.92 Å². The van der Waals surface area contributed by atoms with Crippen molar-refractivity contribution in [3.63, 3.8) is 0 Å². The van der Waals surface area contributed by atoms with Gasteiger partial charge in [0.05, 0.1) is 6.04 Å². The van der Waals surface area contributed by atoms with Crippen molar-refractivity contribution in [1.29, 1.82) is 0 Å². The highest BCUT2D eigenvalue weighted by Crippen LogP contribution is 2.10. The van der Waals surface area contributed by atoms with Gasteiger partial charge in [0.2, 0.25) is 17.7 Å². The minimum atomic E-state index is -0.733. The number of likely N-dealkylation sites (N-methyl/N-ethyl adjacent to an activating group) is 1. The van der Waals surface area contributed by atoms with Gasteiger partial charge in [0.15, 0.2) is 0 Å². The number of carbonyl (C=O) groups excluding carboxylic acids is 3. The lowest BCUT2D eigenvalue weighted by Crippen LogP contribution is -2.56. The molecule has 0 unspecified atom stereocenters. The van der Waals surface area contributed by atoms with Crippen LogP contribution < -0.4 is 16.0 Å². The summed E-state index contributed by atoms with van der Waals surface area (Å²) in [5.41, 5.74) is 1.07. The molecule has 3 N–H and O–H groups in total. The quantitative estimate of drug-likeness (QED) is 0.664. The molecular weight excluding hydrogens is 404 g/mol. The van der Waals surface area contributed by atoms with Crippen LogP contribution in [0.3, 0.4) is 0 Å². The van der Waals surface area contributed by atoms with E-state index in [1.54, 1.807) is 18.9 Å². The van der Waals surface area contributed by atoms with E-state index in [9.17, 15) is 14.4 Å². The number of hydrogen-bond donors (Lipinski definition) is 3. The van der Waals surface area contributed by atoms with E-state index in [2.05, 4.69) is 16.0 Å². The van der Waals surface area contributed by atoms with Crippen LogP contribution in [0.4, 0.5) is 0 Å². The Hall–Kier alpha value is -2.41. The third-order valence-corrected chi connectivity index (χ3v) is 5.86. The van der Waals surface area contributed by atoms with Gasteiger partial charge in [-0.2, -0.15) is 0 Å². The first-order valence-corrected chi connectivity index (χ1v) is 11.9. The van der Waals surface area contributed by atoms with Crippen LogP contribution in [0.15, 0.2) is 30.3 Å². The standard InChI is InChI=1S/C25H40N4O3/c1-18(2)16-22-25(32)29(4)15-11-6-5-10-14-26-21(17-20-12-8-7-9-13-20)24(31)27-19(3)23(30)28-22/h7-9,12-13,18-19,21-22,26H,5-6,10-11,14-17H2,1-4H3,(H,27,31)(H,28,30)/t19-,21-,22+/m0/s1. The molecule has 1 aromatic carbocycles. The SMILES string of the molecule is CC(C)C[C@H]1NC(=O)[C@H](C)NC(=O)[C@H](Cc2ccccc2)NCCCCCCN(C)C1=O. The van der Waals surface area contributed by atoms with Gasteiger partial charge in [0.25, 0.3) is 0 Å². The van der Waals surface area contributed by atoms with Gasteiger partial charge in [-0.05, 0) is 50.6 Å². The van der Waals surface area contributed by atoms with Crippen molar-refractivity contribution in [3.05, 3.63) is 35.9 Å². The molecule has 32 heavy (non-hydrogen) atoms. The van der Waals surface area contributed by atoms with Crippen LogP contribution in [0, 0.1) is 5.92 Å². The summed E-state index contributed by atoms with van der Waals surface area (Å²) in [4.78, 5) is 40.5. The normalized spacial score (nSPS) is 24.8. The van der Waals surface area contributed by atoms with Crippen molar-refractivity contribution in [2.45, 2.75) is 77.4 Å². The molecule has 1 aliphatic rings. The van der Waals surface area contributed by atoms with E-state index in [1.165, 1.54) is 0 Å². The molecule has 7 heteroatoms. The Morgan fingerprint density at radius 1 is 0.938 bits per heavy atom. The second-order valence-electron chi connectivity index (χ2n) is 9.29. The first kappa shape index (κ1) is 25.8. The van der Waals surface area contributed by atoms with Crippen LogP contribution in [-0.2, 0) is 20.8 Å². The maximum Gasteiger partial charge on any atom is 0.244 e. The molecule has 3 atom stereocenters. The number of carbonyl (C=O) groups is 3. The zero-order chi connectivity index (χ0) is 23.5. The van der Waals surface area contributed by atoms with E-state index in [-0.39, 0.29) is 23.6 Å². The van der Waals surface area contributed by atoms with E-state index in [0.29, 0.717) is 19.4 Å². The highest BCUT2D eigenvalue weighted by molar-refractivity contribution is 5.92. The Bertz CT molecular complexity index is 738. The topological polar surface area (TPSA) is 90.5 Å². The third-order valence-electron chi connectivity index (χ3n) is 5.86. The van der Waals surface area contributed by atoms with E-state index < -0.39 is 18.1 Å². The summed E-state index contributed by atoms with van der Waals surface area (Å²) in [5.74, 6) is -0.349. The molecule has 7 nitrogen and oxygen atoms in total. The maximum absolute atomic E-state index is 13.0. The number of hydrogen-bond acceptors (Lipinski definition) is 4. The molecule has 2 rings (SSSR count). The molecule has 0 bridgehead atoms. The molecule has 0 radical (unpaired) electrons. The molecule has 1 saturated heterocycles. The number of benzene rings is 1. The smallest absolute Gasteiger partial charge is 0.244 e. The molecule has 3 amide bonds. The summed E-state index contributed by atoms with van der Waals surface area (Å²) in [7, 11) is 1.80. The fourth-order valence-corrected chi connectivity index (χ4v) is 3.96. The highest BCUT2D eigenvalue weighted by Gasteiger charge is 2.28. The lowest BCUT2D eigenvalue weighted by molar-refractivity contribution is -0.137. The molecule has 1 aliphatic heterocycles. The minimum Gasteiger partial charge on any atom is -0.344 e. The molecule has 0 aromatic heterocycles. The predicted molar refractivity (Wildman–Crippen MR) is 127 cm³/mol. The zero-order valence-electron chi connectivity index (χ0n) is 20.0. The Morgan fingerprint density at radius 2 is 1.62 bits per heavy atom. The largest absolute Gasteiger partial charge is 0.344 e. The Labute approximate surface area is 192 Å². The Morgan fingerprint density at radius 3 is 2.31 bits per heavy atom. The van der Waals surface area contributed by atoms with Crippen molar-refractivity contribution >= 4 is 17.7 Å². The van der Waals surface area contributed by atoms with Crippen molar-refractivity contribution in [2.75, 3.05) is 20.1 Å². The van der Waals surface area contributed by atoms with Gasteiger partial charge < -0.3 is 20.9 Å². The molecule has 0 aliphatic carbocycles. The lowest BCUT2D eigenvalue weighted by atomic mass is 10.0. The van der Waals surface area contributed by atoms with E-state index >= 15 is 0 Å². The minimum absolute atomic E-state index is 0.0682. The first-order valence-electron chi connectivity index (χ1n) is 11.9. The second kappa shape index (κ2) is 13.2. The fraction of sp³-hybridized carbons (Fsp3) is 0.640. The zero-order valence-corrected chi connectivity index (χ0v) is 20.0. The number of amides is 3. The van der Waals surface area contributed by atoms with Crippen LogP contribution >= 0.6 is 0 Å². The summed E-state index contributed by atoms with van der Waals surface area (Å²) >= 11 is 0. The van der Waals surface area contributed by atoms with Gasteiger partial charge in [0.1, 0.15) is 12.1 Å². The van der Waals surface area contributed by atoms with Crippen LogP contribution in [0.2, 0.25) is 0 Å². The molecule has 1 aromatic rings. The summed E-state index contributed by atoms with van der Waals surface area (Å²) < 4.78 is 0. The van der Waals surface area contributed by atoms with Gasteiger partial charge in [-0.15, -0.1) is 0 Å². The molecule has 178 valence electrons. The third kappa shape index (κ3) is 8.61. The average Bonchev–Trinajstić information content (AvgIpc) is 2.76. The van der Waals surface area contributed by atoms with Crippen LogP contribution in [0.25, 0.3) is 0 Å². The molecule has 1 fully saturated rings. The van der Waals surface area contributed by atoms with Crippen molar-refractivity contribution in [3.8, 4) is 0 Å². The summed E-state index contributed by atoms with van der Waals surface area (Å²) in [6.07, 6.45) is 5.07. The number of rotatable bonds is 4. The van der Waals surface area contributed by atoms with E-state index in [0.717, 1.165) is 37.8 Å². The van der Waals surface area contributed by atoms with E-state index in [4.69, 9.17) is 0 Å². The fourth-order valence-electron chi connectivity index (χ4n) is 3.96. The predicted octanol–water partition coefficient (Wildman–Crippen LogP) is 2.26. The van der Waals surface area contributed by atoms with Crippen LogP contribution in [0.1, 0.15) is 58.4 Å². The second-order valence-corrected chi connectivity index (χ2v) is 9.29. The summed E-state index contributed by atoms with van der Waals surface area (Å²) in [6, 6.07) is 8.14. The van der Waals surface area contributed by atoms with Crippen molar-refractivity contribution < 1.29 is 14.4 Å². The molecule has 0 spiro atoms. The average molecular weight is 445 g/mol. The lowest BCUT2D eigenvalue weighted by Gasteiger charge is -2.28. The Balaban J connectivity index is 2.14. The number of nitrogens with one attached hydrogen (secondary N) is 3. The highest BCUT2D eigenvalue weighted by atomic mass is 16.2. The van der Waals surface area contributed by atoms with Gasteiger partial charge in [-0.3, -0.25) is 14.4 Å². The van der Waals surface area contributed by atoms with Crippen molar-refractivity contribution in [1.82, 2.24) is 20.9 Å². The summed E-state index contributed by atoms with van der Waals surface area (Å²) in [5, 5.41) is 9.10. The Kier molecular flexibility index (Phi) is 10.7.